The molecule has 0 aliphatic carbocycles. The summed E-state index contributed by atoms with van der Waals surface area (Å²) in [6.07, 6.45) is -0.543. The predicted molar refractivity (Wildman–Crippen MR) is 47.0 cm³/mol. The van der Waals surface area contributed by atoms with E-state index < -0.39 is 6.29 Å². The number of fused-ring (bicyclic) bond motifs is 1. The topological polar surface area (TPSA) is 35.5 Å². The second-order valence-electron chi connectivity index (χ2n) is 2.73. The van der Waals surface area contributed by atoms with E-state index in [2.05, 4.69) is 0 Å². The summed E-state index contributed by atoms with van der Waals surface area (Å²) in [6.45, 7) is 1.65. The van der Waals surface area contributed by atoms with Gasteiger partial charge < -0.3 is 9.47 Å². The molecule has 1 aliphatic heterocycles. The maximum atomic E-state index is 11.3. The molecule has 0 radical (unpaired) electrons. The van der Waals surface area contributed by atoms with Gasteiger partial charge >= 0.3 is 5.97 Å². The molecule has 0 saturated heterocycles. The molecule has 1 atom stereocenters. The van der Waals surface area contributed by atoms with Gasteiger partial charge in [0.1, 0.15) is 11.3 Å². The first kappa shape index (κ1) is 8.38. The van der Waals surface area contributed by atoms with Gasteiger partial charge in [-0.25, -0.2) is 4.79 Å². The van der Waals surface area contributed by atoms with Crippen molar-refractivity contribution in [1.29, 1.82) is 0 Å². The number of halogens is 1. The van der Waals surface area contributed by atoms with Crippen molar-refractivity contribution in [2.24, 2.45) is 0 Å². The molecule has 1 aromatic carbocycles. The van der Waals surface area contributed by atoms with Crippen LogP contribution in [-0.4, -0.2) is 12.3 Å². The Kier molecular flexibility index (Phi) is 1.88. The van der Waals surface area contributed by atoms with E-state index in [4.69, 9.17) is 21.1 Å². The molecular formula is C9H7ClO3. The van der Waals surface area contributed by atoms with E-state index in [1.165, 1.54) is 0 Å². The summed E-state index contributed by atoms with van der Waals surface area (Å²) in [5.74, 6) is 0.113. The van der Waals surface area contributed by atoms with E-state index in [1.807, 2.05) is 0 Å². The van der Waals surface area contributed by atoms with Crippen LogP contribution in [0.15, 0.2) is 18.2 Å². The summed E-state index contributed by atoms with van der Waals surface area (Å²) < 4.78 is 10.1. The van der Waals surface area contributed by atoms with E-state index >= 15 is 0 Å². The Morgan fingerprint density at radius 3 is 2.92 bits per heavy atom. The Morgan fingerprint density at radius 1 is 1.38 bits per heavy atom. The first-order chi connectivity index (χ1) is 6.16. The fourth-order valence-corrected chi connectivity index (χ4v) is 1.34. The molecule has 0 amide bonds. The lowest BCUT2D eigenvalue weighted by Gasteiger charge is -2.22. The summed E-state index contributed by atoms with van der Waals surface area (Å²) in [5.41, 5.74) is 0.419. The molecule has 0 N–H and O–H groups in total. The van der Waals surface area contributed by atoms with Crippen LogP contribution in [0.3, 0.4) is 0 Å². The molecular weight excluding hydrogens is 192 g/mol. The largest absolute Gasteiger partial charge is 0.454 e. The van der Waals surface area contributed by atoms with Crippen LogP contribution in [0.1, 0.15) is 17.3 Å². The van der Waals surface area contributed by atoms with Crippen molar-refractivity contribution in [3.05, 3.63) is 28.8 Å². The van der Waals surface area contributed by atoms with E-state index in [9.17, 15) is 4.79 Å². The third-order valence-corrected chi connectivity index (χ3v) is 1.96. The average molecular weight is 199 g/mol. The lowest BCUT2D eigenvalue weighted by Crippen LogP contribution is -2.26. The van der Waals surface area contributed by atoms with Crippen molar-refractivity contribution in [2.75, 3.05) is 0 Å². The number of esters is 1. The average Bonchev–Trinajstić information content (AvgIpc) is 2.02. The van der Waals surface area contributed by atoms with Crippen LogP contribution in [0.4, 0.5) is 0 Å². The lowest BCUT2D eigenvalue weighted by atomic mass is 10.2. The SMILES string of the molecule is CC1OC(=O)c2ccc(Cl)cc2O1. The summed E-state index contributed by atoms with van der Waals surface area (Å²) in [6, 6.07) is 4.82. The van der Waals surface area contributed by atoms with Crippen molar-refractivity contribution in [2.45, 2.75) is 13.2 Å². The molecule has 0 bridgehead atoms. The van der Waals surface area contributed by atoms with Gasteiger partial charge in [0.25, 0.3) is 0 Å². The number of carbonyl (C=O) groups excluding carboxylic acids is 1. The molecule has 13 heavy (non-hydrogen) atoms. The monoisotopic (exact) mass is 198 g/mol. The molecule has 0 fully saturated rings. The zero-order valence-corrected chi connectivity index (χ0v) is 7.67. The molecule has 68 valence electrons. The molecule has 1 heterocycles. The summed E-state index contributed by atoms with van der Waals surface area (Å²) >= 11 is 5.74. The number of hydrogen-bond acceptors (Lipinski definition) is 3. The number of cyclic esters (lactones) is 1. The number of carbonyl (C=O) groups is 1. The van der Waals surface area contributed by atoms with Crippen molar-refractivity contribution < 1.29 is 14.3 Å². The van der Waals surface area contributed by atoms with Gasteiger partial charge in [-0.1, -0.05) is 11.6 Å². The molecule has 1 unspecified atom stereocenters. The van der Waals surface area contributed by atoms with E-state index in [0.29, 0.717) is 16.3 Å². The molecule has 1 aliphatic rings. The van der Waals surface area contributed by atoms with Gasteiger partial charge in [0.15, 0.2) is 0 Å². The Balaban J connectivity index is 2.49. The first-order valence-electron chi connectivity index (χ1n) is 3.84. The smallest absolute Gasteiger partial charge is 0.344 e. The highest BCUT2D eigenvalue weighted by atomic mass is 35.5. The van der Waals surface area contributed by atoms with Gasteiger partial charge in [-0.05, 0) is 18.2 Å². The minimum absolute atomic E-state index is 0.370. The molecule has 1 aromatic rings. The Hall–Kier alpha value is -1.22. The van der Waals surface area contributed by atoms with Crippen molar-refractivity contribution in [1.82, 2.24) is 0 Å². The quantitative estimate of drug-likeness (QED) is 0.600. The van der Waals surface area contributed by atoms with Gasteiger partial charge in [0, 0.05) is 11.9 Å². The van der Waals surface area contributed by atoms with Gasteiger partial charge in [0.05, 0.1) is 0 Å². The number of benzene rings is 1. The molecule has 3 nitrogen and oxygen atoms in total. The summed E-state index contributed by atoms with van der Waals surface area (Å²) in [7, 11) is 0. The normalized spacial score (nSPS) is 20.2. The van der Waals surface area contributed by atoms with Crippen LogP contribution >= 0.6 is 11.6 Å². The standard InChI is InChI=1S/C9H7ClO3/c1-5-12-8-4-6(10)2-3-7(8)9(11)13-5/h2-5H,1H3. The number of hydrogen-bond donors (Lipinski definition) is 0. The summed E-state index contributed by atoms with van der Waals surface area (Å²) in [5, 5.41) is 0.542. The minimum atomic E-state index is -0.543. The van der Waals surface area contributed by atoms with Crippen LogP contribution in [0, 0.1) is 0 Å². The first-order valence-corrected chi connectivity index (χ1v) is 4.22. The molecule has 0 saturated carbocycles. The maximum absolute atomic E-state index is 11.3. The zero-order valence-electron chi connectivity index (χ0n) is 6.91. The zero-order chi connectivity index (χ0) is 9.42. The van der Waals surface area contributed by atoms with Crippen LogP contribution in [0.2, 0.25) is 5.02 Å². The van der Waals surface area contributed by atoms with Crippen molar-refractivity contribution in [3.8, 4) is 5.75 Å². The second kappa shape index (κ2) is 2.92. The Bertz CT molecular complexity index is 362. The molecule has 0 aromatic heterocycles. The van der Waals surface area contributed by atoms with Gasteiger partial charge in [-0.2, -0.15) is 0 Å². The maximum Gasteiger partial charge on any atom is 0.344 e. The molecule has 0 spiro atoms. The van der Waals surface area contributed by atoms with E-state index in [-0.39, 0.29) is 5.97 Å². The highest BCUT2D eigenvalue weighted by Crippen LogP contribution is 2.28. The fourth-order valence-electron chi connectivity index (χ4n) is 1.18. The third kappa shape index (κ3) is 1.47. The van der Waals surface area contributed by atoms with E-state index in [0.717, 1.165) is 0 Å². The molecule has 4 heteroatoms. The van der Waals surface area contributed by atoms with Gasteiger partial charge in [-0.15, -0.1) is 0 Å². The van der Waals surface area contributed by atoms with Gasteiger partial charge in [0.2, 0.25) is 6.29 Å². The fraction of sp³-hybridized carbons (Fsp3) is 0.222. The van der Waals surface area contributed by atoms with Crippen LogP contribution in [-0.2, 0) is 4.74 Å². The number of rotatable bonds is 0. The molecule has 2 rings (SSSR count). The Labute approximate surface area is 80.2 Å². The second-order valence-corrected chi connectivity index (χ2v) is 3.17. The van der Waals surface area contributed by atoms with Crippen molar-refractivity contribution in [3.63, 3.8) is 0 Å². The van der Waals surface area contributed by atoms with Crippen molar-refractivity contribution >= 4 is 17.6 Å². The lowest BCUT2D eigenvalue weighted by molar-refractivity contribution is -0.0488. The van der Waals surface area contributed by atoms with Crippen LogP contribution in [0.5, 0.6) is 5.75 Å². The summed E-state index contributed by atoms with van der Waals surface area (Å²) in [4.78, 5) is 11.3. The highest BCUT2D eigenvalue weighted by Gasteiger charge is 2.24. The number of ether oxygens (including phenoxy) is 2. The minimum Gasteiger partial charge on any atom is -0.454 e. The predicted octanol–water partition coefficient (Wildman–Crippen LogP) is 2.24. The van der Waals surface area contributed by atoms with Crippen LogP contribution in [0.25, 0.3) is 0 Å². The third-order valence-electron chi connectivity index (χ3n) is 1.73. The Morgan fingerprint density at radius 2 is 2.15 bits per heavy atom. The van der Waals surface area contributed by atoms with E-state index in [1.54, 1.807) is 25.1 Å². The van der Waals surface area contributed by atoms with Gasteiger partial charge in [-0.3, -0.25) is 0 Å². The van der Waals surface area contributed by atoms with Crippen LogP contribution < -0.4 is 4.74 Å². The highest BCUT2D eigenvalue weighted by molar-refractivity contribution is 6.30.